The second-order valence-electron chi connectivity index (χ2n) is 5.42. The molecule has 0 amide bonds. The van der Waals surface area contributed by atoms with Gasteiger partial charge in [0.1, 0.15) is 0 Å². The van der Waals surface area contributed by atoms with Crippen molar-refractivity contribution in [1.29, 1.82) is 0 Å². The number of nitrogens with one attached hydrogen (secondary N) is 1. The van der Waals surface area contributed by atoms with Crippen LogP contribution in [0, 0.1) is 11.7 Å². The Morgan fingerprint density at radius 2 is 1.68 bits per heavy atom. The van der Waals surface area contributed by atoms with Crippen molar-refractivity contribution in [2.75, 3.05) is 0 Å². The van der Waals surface area contributed by atoms with Gasteiger partial charge in [-0.1, -0.05) is 29.8 Å². The van der Waals surface area contributed by atoms with Gasteiger partial charge in [-0.05, 0) is 55.5 Å². The summed E-state index contributed by atoms with van der Waals surface area (Å²) >= 11 is 11.4. The van der Waals surface area contributed by atoms with Gasteiger partial charge >= 0.3 is 0 Å². The first-order chi connectivity index (χ1) is 12.1. The quantitative estimate of drug-likeness (QED) is 0.552. The van der Waals surface area contributed by atoms with Gasteiger partial charge in [0, 0.05) is 5.02 Å². The van der Waals surface area contributed by atoms with E-state index in [9.17, 15) is 0 Å². The molecule has 0 saturated heterocycles. The summed E-state index contributed by atoms with van der Waals surface area (Å²) in [7, 11) is 0. The Bertz CT molecular complexity index is 1080. The zero-order valence-corrected chi connectivity index (χ0v) is 14.8. The van der Waals surface area contributed by atoms with Gasteiger partial charge in [0.05, 0.1) is 17.1 Å². The van der Waals surface area contributed by atoms with E-state index < -0.39 is 0 Å². The maximum Gasteiger partial charge on any atom is 0.200 e. The van der Waals surface area contributed by atoms with Gasteiger partial charge in [0.15, 0.2) is 16.3 Å². The monoisotopic (exact) mass is 368 g/mol. The SMILES string of the molecule is Cc1nn(-c2ccccc2)nc1-c1n[nH]c(=S)n1-c1ccc(Cl)cc1. The lowest BCUT2D eigenvalue weighted by atomic mass is 10.3. The first-order valence-electron chi connectivity index (χ1n) is 7.56. The van der Waals surface area contributed by atoms with Crippen LogP contribution < -0.4 is 0 Å². The molecule has 0 radical (unpaired) electrons. The molecule has 2 heterocycles. The molecule has 25 heavy (non-hydrogen) atoms. The largest absolute Gasteiger partial charge is 0.267 e. The van der Waals surface area contributed by atoms with Crippen molar-refractivity contribution in [3.05, 3.63) is 70.1 Å². The second-order valence-corrected chi connectivity index (χ2v) is 6.25. The molecule has 0 spiro atoms. The first-order valence-corrected chi connectivity index (χ1v) is 8.35. The number of rotatable bonds is 3. The summed E-state index contributed by atoms with van der Waals surface area (Å²) in [6.07, 6.45) is 0. The Kier molecular flexibility index (Phi) is 3.95. The van der Waals surface area contributed by atoms with E-state index in [0.29, 0.717) is 21.3 Å². The Hall–Kier alpha value is -2.77. The molecule has 0 atom stereocenters. The van der Waals surface area contributed by atoms with Crippen molar-refractivity contribution in [2.24, 2.45) is 0 Å². The van der Waals surface area contributed by atoms with E-state index in [1.54, 1.807) is 4.80 Å². The highest BCUT2D eigenvalue weighted by Crippen LogP contribution is 2.23. The van der Waals surface area contributed by atoms with E-state index in [0.717, 1.165) is 17.1 Å². The van der Waals surface area contributed by atoms with Crippen molar-refractivity contribution in [1.82, 2.24) is 29.8 Å². The highest BCUT2D eigenvalue weighted by molar-refractivity contribution is 7.71. The van der Waals surface area contributed by atoms with Gasteiger partial charge in [-0.2, -0.15) is 15.0 Å². The third kappa shape index (κ3) is 2.88. The highest BCUT2D eigenvalue weighted by Gasteiger charge is 2.18. The van der Waals surface area contributed by atoms with E-state index in [1.165, 1.54) is 0 Å². The molecule has 0 unspecified atom stereocenters. The predicted octanol–water partition coefficient (Wildman–Crippen LogP) is 4.14. The molecule has 0 saturated carbocycles. The van der Waals surface area contributed by atoms with Crippen molar-refractivity contribution >= 4 is 23.8 Å². The smallest absolute Gasteiger partial charge is 0.200 e. The molecule has 0 aliphatic heterocycles. The van der Waals surface area contributed by atoms with Crippen LogP contribution in [0.15, 0.2) is 54.6 Å². The van der Waals surface area contributed by atoms with Crippen molar-refractivity contribution < 1.29 is 0 Å². The van der Waals surface area contributed by atoms with Crippen LogP contribution in [0.2, 0.25) is 5.02 Å². The lowest BCUT2D eigenvalue weighted by Gasteiger charge is -2.05. The van der Waals surface area contributed by atoms with Crippen LogP contribution in [-0.4, -0.2) is 29.8 Å². The maximum atomic E-state index is 5.98. The molecule has 0 aliphatic rings. The number of nitrogens with zero attached hydrogens (tertiary/aromatic N) is 5. The number of aromatic amines is 1. The van der Waals surface area contributed by atoms with Crippen molar-refractivity contribution in [2.45, 2.75) is 6.92 Å². The molecule has 2 aromatic carbocycles. The molecule has 1 N–H and O–H groups in total. The van der Waals surface area contributed by atoms with E-state index >= 15 is 0 Å². The molecule has 4 aromatic rings. The van der Waals surface area contributed by atoms with E-state index in [1.807, 2.05) is 66.1 Å². The fourth-order valence-electron chi connectivity index (χ4n) is 2.55. The number of halogens is 1. The first kappa shape index (κ1) is 15.7. The third-order valence-corrected chi connectivity index (χ3v) is 4.26. The molecule has 0 aliphatic carbocycles. The van der Waals surface area contributed by atoms with E-state index in [-0.39, 0.29) is 0 Å². The molecule has 2 aromatic heterocycles. The highest BCUT2D eigenvalue weighted by atomic mass is 35.5. The lowest BCUT2D eigenvalue weighted by molar-refractivity contribution is 0.746. The zero-order valence-electron chi connectivity index (χ0n) is 13.2. The van der Waals surface area contributed by atoms with Crippen molar-refractivity contribution in [3.63, 3.8) is 0 Å². The molecule has 6 nitrogen and oxygen atoms in total. The standard InChI is InChI=1S/C17H13ClN6S/c1-11-15(22-24(21-11)14-5-3-2-4-6-14)16-19-20-17(25)23(16)13-9-7-12(18)8-10-13/h2-10H,1H3,(H,20,25). The Morgan fingerprint density at radius 3 is 2.40 bits per heavy atom. The molecule has 124 valence electrons. The third-order valence-electron chi connectivity index (χ3n) is 3.74. The summed E-state index contributed by atoms with van der Waals surface area (Å²) in [5, 5.41) is 16.9. The van der Waals surface area contributed by atoms with Gasteiger partial charge in [0.25, 0.3) is 0 Å². The lowest BCUT2D eigenvalue weighted by Crippen LogP contribution is -2.00. The average molecular weight is 369 g/mol. The van der Waals surface area contributed by atoms with Gasteiger partial charge in [-0.3, -0.25) is 9.67 Å². The van der Waals surface area contributed by atoms with Gasteiger partial charge in [0.2, 0.25) is 0 Å². The van der Waals surface area contributed by atoms with Gasteiger partial charge < -0.3 is 0 Å². The number of H-pyrrole nitrogens is 1. The zero-order chi connectivity index (χ0) is 17.4. The fraction of sp³-hybridized carbons (Fsp3) is 0.0588. The van der Waals surface area contributed by atoms with Crippen LogP contribution in [0.3, 0.4) is 0 Å². The molecule has 0 bridgehead atoms. The minimum absolute atomic E-state index is 0.478. The minimum Gasteiger partial charge on any atom is -0.267 e. The minimum atomic E-state index is 0.478. The number of hydrogen-bond acceptors (Lipinski definition) is 4. The van der Waals surface area contributed by atoms with Gasteiger partial charge in [-0.15, -0.1) is 5.10 Å². The number of para-hydroxylation sites is 1. The molecule has 0 fully saturated rings. The van der Waals surface area contributed by atoms with E-state index in [4.69, 9.17) is 23.8 Å². The van der Waals surface area contributed by atoms with Crippen LogP contribution in [-0.2, 0) is 0 Å². The van der Waals surface area contributed by atoms with Gasteiger partial charge in [-0.25, -0.2) is 0 Å². The van der Waals surface area contributed by atoms with Crippen LogP contribution in [0.5, 0.6) is 0 Å². The fourth-order valence-corrected chi connectivity index (χ4v) is 2.91. The summed E-state index contributed by atoms with van der Waals surface area (Å²) in [5.74, 6) is 0.604. The van der Waals surface area contributed by atoms with Crippen molar-refractivity contribution in [3.8, 4) is 22.9 Å². The number of aromatic nitrogens is 6. The maximum absolute atomic E-state index is 5.98. The predicted molar refractivity (Wildman–Crippen MR) is 98.8 cm³/mol. The molecular weight excluding hydrogens is 356 g/mol. The Balaban J connectivity index is 1.86. The van der Waals surface area contributed by atoms with E-state index in [2.05, 4.69) is 20.4 Å². The summed E-state index contributed by atoms with van der Waals surface area (Å²) in [4.78, 5) is 1.59. The summed E-state index contributed by atoms with van der Waals surface area (Å²) in [5.41, 5.74) is 3.15. The van der Waals surface area contributed by atoms with Crippen LogP contribution in [0.1, 0.15) is 5.69 Å². The molecule has 4 rings (SSSR count). The number of hydrogen-bond donors (Lipinski definition) is 1. The summed E-state index contributed by atoms with van der Waals surface area (Å²) < 4.78 is 2.30. The molecule has 8 heteroatoms. The Labute approximate surface area is 153 Å². The normalized spacial score (nSPS) is 11.0. The second kappa shape index (κ2) is 6.27. The van der Waals surface area contributed by atoms with Crippen LogP contribution in [0.4, 0.5) is 0 Å². The topological polar surface area (TPSA) is 64.3 Å². The average Bonchev–Trinajstić information content (AvgIpc) is 3.19. The van der Waals surface area contributed by atoms with Crippen LogP contribution in [0.25, 0.3) is 22.9 Å². The van der Waals surface area contributed by atoms with Crippen LogP contribution >= 0.6 is 23.8 Å². The molecular formula is C17H13ClN6S. The summed E-state index contributed by atoms with van der Waals surface area (Å²) in [6.45, 7) is 1.89. The Morgan fingerprint density at radius 1 is 0.960 bits per heavy atom. The summed E-state index contributed by atoms with van der Waals surface area (Å²) in [6, 6.07) is 17.1. The number of aryl methyl sites for hydroxylation is 1. The number of benzene rings is 2.